The highest BCUT2D eigenvalue weighted by atomic mass is 16.6. The maximum absolute atomic E-state index is 12.4. The number of pyridine rings is 1. The van der Waals surface area contributed by atoms with Crippen molar-refractivity contribution >= 4 is 17.7 Å². The smallest absolute Gasteiger partial charge is 0.414 e. The molecule has 4 rings (SSSR count). The molecule has 0 bridgehead atoms. The van der Waals surface area contributed by atoms with E-state index in [0.717, 1.165) is 29.5 Å². The molecule has 7 nitrogen and oxygen atoms in total. The Labute approximate surface area is 163 Å². The molecule has 1 aromatic heterocycles. The number of aromatic nitrogens is 1. The SMILES string of the molecule is [C-]#[N+]C1(c2ccc(N3CC(CNC(C)=O)OC3=O)cc2-c2cccnc2)CC1. The van der Waals surface area contributed by atoms with Crippen LogP contribution in [-0.4, -0.2) is 36.2 Å². The zero-order chi connectivity index (χ0) is 19.7. The molecule has 1 N–H and O–H groups in total. The van der Waals surface area contributed by atoms with Gasteiger partial charge in [0.2, 0.25) is 5.91 Å². The Morgan fingerprint density at radius 2 is 2.25 bits per heavy atom. The van der Waals surface area contributed by atoms with E-state index in [1.165, 1.54) is 6.92 Å². The first-order chi connectivity index (χ1) is 13.5. The number of nitrogens with one attached hydrogen (secondary N) is 1. The van der Waals surface area contributed by atoms with Crippen LogP contribution in [0.1, 0.15) is 25.3 Å². The first kappa shape index (κ1) is 18.0. The first-order valence-corrected chi connectivity index (χ1v) is 9.18. The fourth-order valence-electron chi connectivity index (χ4n) is 3.52. The highest BCUT2D eigenvalue weighted by molar-refractivity contribution is 5.91. The highest BCUT2D eigenvalue weighted by Crippen LogP contribution is 2.53. The number of amides is 2. The fourth-order valence-corrected chi connectivity index (χ4v) is 3.52. The minimum absolute atomic E-state index is 0.161. The van der Waals surface area contributed by atoms with Crippen LogP contribution < -0.4 is 10.2 Å². The molecular weight excluding hydrogens is 356 g/mol. The average molecular weight is 376 g/mol. The molecule has 1 aliphatic carbocycles. The van der Waals surface area contributed by atoms with Gasteiger partial charge >= 0.3 is 6.09 Å². The molecule has 2 amide bonds. The Hall–Kier alpha value is -3.40. The van der Waals surface area contributed by atoms with E-state index in [-0.39, 0.29) is 12.5 Å². The molecule has 28 heavy (non-hydrogen) atoms. The van der Waals surface area contributed by atoms with Gasteiger partial charge in [0.15, 0.2) is 0 Å². The largest absolute Gasteiger partial charge is 0.442 e. The van der Waals surface area contributed by atoms with Crippen molar-refractivity contribution in [2.24, 2.45) is 0 Å². The summed E-state index contributed by atoms with van der Waals surface area (Å²) < 4.78 is 5.37. The van der Waals surface area contributed by atoms with E-state index in [9.17, 15) is 9.59 Å². The number of rotatable bonds is 5. The Kier molecular flexibility index (Phi) is 4.47. The van der Waals surface area contributed by atoms with Gasteiger partial charge in [0, 0.05) is 49.0 Å². The van der Waals surface area contributed by atoms with Crippen molar-refractivity contribution in [2.75, 3.05) is 18.0 Å². The lowest BCUT2D eigenvalue weighted by Gasteiger charge is -2.17. The minimum Gasteiger partial charge on any atom is -0.442 e. The molecule has 2 heterocycles. The number of hydrogen-bond donors (Lipinski definition) is 1. The predicted molar refractivity (Wildman–Crippen MR) is 103 cm³/mol. The molecule has 1 aromatic carbocycles. The van der Waals surface area contributed by atoms with Crippen LogP contribution in [0.5, 0.6) is 0 Å². The third kappa shape index (κ3) is 3.29. The Morgan fingerprint density at radius 1 is 1.43 bits per heavy atom. The normalized spacial score (nSPS) is 19.6. The van der Waals surface area contributed by atoms with Gasteiger partial charge in [-0.15, -0.1) is 0 Å². The zero-order valence-electron chi connectivity index (χ0n) is 15.5. The summed E-state index contributed by atoms with van der Waals surface area (Å²) in [6, 6.07) is 9.55. The van der Waals surface area contributed by atoms with Gasteiger partial charge in [-0.25, -0.2) is 11.4 Å². The van der Waals surface area contributed by atoms with Crippen LogP contribution in [-0.2, 0) is 15.1 Å². The van der Waals surface area contributed by atoms with Crippen molar-refractivity contribution in [1.82, 2.24) is 10.3 Å². The average Bonchev–Trinajstić information content (AvgIpc) is 3.42. The Bertz CT molecular complexity index is 963. The molecular formula is C21H20N4O3. The van der Waals surface area contributed by atoms with E-state index in [2.05, 4.69) is 15.1 Å². The van der Waals surface area contributed by atoms with Crippen molar-refractivity contribution < 1.29 is 14.3 Å². The molecule has 2 aromatic rings. The second-order valence-corrected chi connectivity index (χ2v) is 7.17. The number of hydrogen-bond acceptors (Lipinski definition) is 4. The zero-order valence-corrected chi connectivity index (χ0v) is 15.5. The van der Waals surface area contributed by atoms with Crippen molar-refractivity contribution in [3.8, 4) is 11.1 Å². The molecule has 7 heteroatoms. The number of anilines is 1. The van der Waals surface area contributed by atoms with E-state index in [1.807, 2.05) is 30.3 Å². The second-order valence-electron chi connectivity index (χ2n) is 7.17. The third-order valence-corrected chi connectivity index (χ3v) is 5.18. The van der Waals surface area contributed by atoms with Gasteiger partial charge in [-0.3, -0.25) is 14.7 Å². The summed E-state index contributed by atoms with van der Waals surface area (Å²) in [6.07, 6.45) is 4.33. The number of carbonyl (C=O) groups is 2. The van der Waals surface area contributed by atoms with Gasteiger partial charge in [0.05, 0.1) is 13.1 Å². The molecule has 1 atom stereocenters. The number of benzene rings is 1. The predicted octanol–water partition coefficient (Wildman–Crippen LogP) is 3.12. The number of carbonyl (C=O) groups excluding carboxylic acids is 2. The fraction of sp³-hybridized carbons (Fsp3) is 0.333. The second kappa shape index (κ2) is 6.97. The van der Waals surface area contributed by atoms with Crippen LogP contribution in [0.25, 0.3) is 16.0 Å². The molecule has 0 radical (unpaired) electrons. The maximum atomic E-state index is 12.4. The van der Waals surface area contributed by atoms with Gasteiger partial charge in [0.25, 0.3) is 5.54 Å². The number of cyclic esters (lactones) is 1. The molecule has 142 valence electrons. The third-order valence-electron chi connectivity index (χ3n) is 5.18. The van der Waals surface area contributed by atoms with Crippen molar-refractivity contribution in [3.05, 3.63) is 59.7 Å². The van der Waals surface area contributed by atoms with Crippen LogP contribution >= 0.6 is 0 Å². The summed E-state index contributed by atoms with van der Waals surface area (Å²) in [5.41, 5.74) is 3.04. The van der Waals surface area contributed by atoms with E-state index in [4.69, 9.17) is 11.3 Å². The first-order valence-electron chi connectivity index (χ1n) is 9.18. The standard InChI is InChI=1S/C21H20N4O3/c1-14(26)24-12-17-13-25(20(27)28-17)16-5-6-19(21(22-2)7-8-21)18(10-16)15-4-3-9-23-11-15/h3-6,9-11,17H,7-8,12-13H2,1H3,(H,24,26). The topological polar surface area (TPSA) is 75.9 Å². The van der Waals surface area contributed by atoms with Gasteiger partial charge < -0.3 is 14.9 Å². The van der Waals surface area contributed by atoms with E-state index in [0.29, 0.717) is 12.2 Å². The molecule has 0 spiro atoms. The quantitative estimate of drug-likeness (QED) is 0.814. The van der Waals surface area contributed by atoms with Crippen molar-refractivity contribution in [1.29, 1.82) is 0 Å². The summed E-state index contributed by atoms with van der Waals surface area (Å²) in [5, 5.41) is 2.68. The van der Waals surface area contributed by atoms with Gasteiger partial charge in [0.1, 0.15) is 6.10 Å². The lowest BCUT2D eigenvalue weighted by Crippen LogP contribution is -2.33. The summed E-state index contributed by atoms with van der Waals surface area (Å²) in [7, 11) is 0. The van der Waals surface area contributed by atoms with Crippen LogP contribution in [0.3, 0.4) is 0 Å². The van der Waals surface area contributed by atoms with Crippen LogP contribution in [0.15, 0.2) is 42.7 Å². The van der Waals surface area contributed by atoms with Crippen LogP contribution in [0, 0.1) is 6.57 Å². The van der Waals surface area contributed by atoms with E-state index in [1.54, 1.807) is 17.3 Å². The summed E-state index contributed by atoms with van der Waals surface area (Å²) in [4.78, 5) is 33.1. The molecule has 2 aliphatic rings. The van der Waals surface area contributed by atoms with Crippen LogP contribution in [0.2, 0.25) is 0 Å². The lowest BCUT2D eigenvalue weighted by atomic mass is 9.93. The molecule has 1 aliphatic heterocycles. The van der Waals surface area contributed by atoms with E-state index >= 15 is 0 Å². The summed E-state index contributed by atoms with van der Waals surface area (Å²) in [5.74, 6) is -0.161. The molecule has 1 unspecified atom stereocenters. The summed E-state index contributed by atoms with van der Waals surface area (Å²) >= 11 is 0. The van der Waals surface area contributed by atoms with E-state index < -0.39 is 17.7 Å². The van der Waals surface area contributed by atoms with Crippen LogP contribution in [0.4, 0.5) is 10.5 Å². The lowest BCUT2D eigenvalue weighted by molar-refractivity contribution is -0.119. The maximum Gasteiger partial charge on any atom is 0.414 e. The minimum atomic E-state index is -0.469. The molecule has 1 saturated carbocycles. The van der Waals surface area contributed by atoms with Gasteiger partial charge in [-0.1, -0.05) is 6.07 Å². The molecule has 2 fully saturated rings. The highest BCUT2D eigenvalue weighted by Gasteiger charge is 2.54. The Balaban J connectivity index is 1.67. The monoisotopic (exact) mass is 376 g/mol. The van der Waals surface area contributed by atoms with Gasteiger partial charge in [-0.05, 0) is 29.8 Å². The Morgan fingerprint density at radius 3 is 2.89 bits per heavy atom. The van der Waals surface area contributed by atoms with Gasteiger partial charge in [-0.2, -0.15) is 0 Å². The van der Waals surface area contributed by atoms with Crippen molar-refractivity contribution in [2.45, 2.75) is 31.4 Å². The molecule has 1 saturated heterocycles. The number of ether oxygens (including phenoxy) is 1. The van der Waals surface area contributed by atoms with Crippen molar-refractivity contribution in [3.63, 3.8) is 0 Å². The summed E-state index contributed by atoms with van der Waals surface area (Å²) in [6.45, 7) is 9.69. The number of nitrogens with zero attached hydrogens (tertiary/aromatic N) is 3.